The summed E-state index contributed by atoms with van der Waals surface area (Å²) in [6.45, 7) is 2.60. The maximum Gasteiger partial charge on any atom is 0.341 e. The topological polar surface area (TPSA) is 50.4 Å². The molecule has 0 radical (unpaired) electrons. The summed E-state index contributed by atoms with van der Waals surface area (Å²) in [4.78, 5) is 12.1. The Morgan fingerprint density at radius 1 is 1.36 bits per heavy atom. The smallest absolute Gasteiger partial charge is 0.341 e. The number of carbonyl (C=O) groups excluding carboxylic acids is 1. The van der Waals surface area contributed by atoms with Crippen LogP contribution in [0.5, 0.6) is 0 Å². The molecule has 0 fully saturated rings. The molecule has 0 bridgehead atoms. The van der Waals surface area contributed by atoms with E-state index in [9.17, 15) is 9.18 Å². The molecule has 0 spiro atoms. The van der Waals surface area contributed by atoms with Gasteiger partial charge in [0, 0.05) is 17.5 Å². The van der Waals surface area contributed by atoms with Crippen LogP contribution < -0.4 is 10.6 Å². The van der Waals surface area contributed by atoms with Gasteiger partial charge >= 0.3 is 5.97 Å². The van der Waals surface area contributed by atoms with E-state index < -0.39 is 5.97 Å². The number of carbonyl (C=O) groups is 1. The van der Waals surface area contributed by atoms with Crippen molar-refractivity contribution in [2.24, 2.45) is 0 Å². The van der Waals surface area contributed by atoms with Crippen LogP contribution in [0.3, 0.4) is 0 Å². The molecule has 0 aliphatic rings. The molecule has 2 aromatic rings. The SMILES string of the molecule is CCNC(=S)Nc1scc(-c2ccc(F)cc2)c1C(=O)OC. The molecule has 1 aromatic heterocycles. The summed E-state index contributed by atoms with van der Waals surface area (Å²) in [5.41, 5.74) is 1.80. The summed E-state index contributed by atoms with van der Waals surface area (Å²) in [5, 5.41) is 8.79. The van der Waals surface area contributed by atoms with Crippen molar-refractivity contribution in [2.45, 2.75) is 6.92 Å². The van der Waals surface area contributed by atoms with Gasteiger partial charge < -0.3 is 15.4 Å². The van der Waals surface area contributed by atoms with E-state index in [0.29, 0.717) is 27.8 Å². The Morgan fingerprint density at radius 2 is 2.05 bits per heavy atom. The largest absolute Gasteiger partial charge is 0.465 e. The fourth-order valence-electron chi connectivity index (χ4n) is 1.90. The molecule has 7 heteroatoms. The Labute approximate surface area is 137 Å². The number of thiocarbonyl (C=S) groups is 1. The lowest BCUT2D eigenvalue weighted by atomic mass is 10.0. The third kappa shape index (κ3) is 3.61. The molecule has 22 heavy (non-hydrogen) atoms. The molecule has 1 heterocycles. The van der Waals surface area contributed by atoms with Crippen LogP contribution >= 0.6 is 23.6 Å². The van der Waals surface area contributed by atoms with Crippen molar-refractivity contribution >= 4 is 39.6 Å². The number of nitrogens with one attached hydrogen (secondary N) is 2. The van der Waals surface area contributed by atoms with E-state index in [0.717, 1.165) is 5.56 Å². The zero-order valence-electron chi connectivity index (χ0n) is 12.1. The lowest BCUT2D eigenvalue weighted by molar-refractivity contribution is 0.0603. The van der Waals surface area contributed by atoms with Gasteiger partial charge in [0.25, 0.3) is 0 Å². The fourth-order valence-corrected chi connectivity index (χ4v) is 3.18. The van der Waals surface area contributed by atoms with Gasteiger partial charge in [0.05, 0.1) is 7.11 Å². The van der Waals surface area contributed by atoms with Crippen LogP contribution in [0, 0.1) is 5.82 Å². The van der Waals surface area contributed by atoms with Crippen molar-refractivity contribution < 1.29 is 13.9 Å². The highest BCUT2D eigenvalue weighted by molar-refractivity contribution is 7.80. The quantitative estimate of drug-likeness (QED) is 0.658. The second kappa shape index (κ2) is 7.33. The number of ether oxygens (including phenoxy) is 1. The van der Waals surface area contributed by atoms with Crippen LogP contribution in [0.2, 0.25) is 0 Å². The summed E-state index contributed by atoms with van der Waals surface area (Å²) >= 11 is 6.48. The summed E-state index contributed by atoms with van der Waals surface area (Å²) < 4.78 is 17.9. The molecule has 2 N–H and O–H groups in total. The van der Waals surface area contributed by atoms with Crippen molar-refractivity contribution in [3.63, 3.8) is 0 Å². The summed E-state index contributed by atoms with van der Waals surface area (Å²) in [6.07, 6.45) is 0. The maximum absolute atomic E-state index is 13.1. The molecule has 4 nitrogen and oxygen atoms in total. The monoisotopic (exact) mass is 338 g/mol. The van der Waals surface area contributed by atoms with Gasteiger partial charge in [0.15, 0.2) is 5.11 Å². The van der Waals surface area contributed by atoms with Crippen LogP contribution in [0.1, 0.15) is 17.3 Å². The number of esters is 1. The second-order valence-electron chi connectivity index (χ2n) is 4.34. The third-order valence-corrected chi connectivity index (χ3v) is 4.04. The van der Waals surface area contributed by atoms with Gasteiger partial charge in [0.1, 0.15) is 16.4 Å². The Bertz CT molecular complexity index is 683. The Kier molecular flexibility index (Phi) is 5.46. The average Bonchev–Trinajstić information content (AvgIpc) is 2.91. The molecule has 116 valence electrons. The first-order valence-corrected chi connectivity index (χ1v) is 7.86. The number of rotatable bonds is 4. The lowest BCUT2D eigenvalue weighted by Crippen LogP contribution is -2.28. The number of halogens is 1. The molecule has 0 unspecified atom stereocenters. The molecule has 2 rings (SSSR count). The molecule has 0 saturated carbocycles. The first-order chi connectivity index (χ1) is 10.6. The first-order valence-electron chi connectivity index (χ1n) is 6.57. The molecule has 0 aliphatic carbocycles. The van der Waals surface area contributed by atoms with E-state index in [1.165, 1.54) is 30.6 Å². The molecule has 0 atom stereocenters. The first kappa shape index (κ1) is 16.4. The third-order valence-electron chi connectivity index (χ3n) is 2.90. The molecule has 0 aliphatic heterocycles. The normalized spacial score (nSPS) is 10.1. The van der Waals surface area contributed by atoms with Gasteiger partial charge in [0.2, 0.25) is 0 Å². The maximum atomic E-state index is 13.1. The minimum absolute atomic E-state index is 0.328. The van der Waals surface area contributed by atoms with E-state index in [2.05, 4.69) is 10.6 Å². The van der Waals surface area contributed by atoms with Crippen molar-refractivity contribution in [3.8, 4) is 11.1 Å². The van der Waals surface area contributed by atoms with Crippen LogP contribution in [0.15, 0.2) is 29.6 Å². The van der Waals surface area contributed by atoms with Gasteiger partial charge in [-0.2, -0.15) is 0 Å². The second-order valence-corrected chi connectivity index (χ2v) is 5.62. The van der Waals surface area contributed by atoms with Gasteiger partial charge in [-0.25, -0.2) is 9.18 Å². The Morgan fingerprint density at radius 3 is 2.64 bits per heavy atom. The summed E-state index contributed by atoms with van der Waals surface area (Å²) in [7, 11) is 1.32. The standard InChI is InChI=1S/C15H15FN2O2S2/c1-3-17-15(21)18-13-12(14(19)20-2)11(8-22-13)9-4-6-10(16)7-5-9/h4-8H,3H2,1-2H3,(H2,17,18,21). The summed E-state index contributed by atoms with van der Waals surface area (Å²) in [5.74, 6) is -0.798. The van der Waals surface area contributed by atoms with Gasteiger partial charge in [-0.15, -0.1) is 11.3 Å². The van der Waals surface area contributed by atoms with Crippen LogP contribution in [-0.2, 0) is 4.74 Å². The van der Waals surface area contributed by atoms with Crippen molar-refractivity contribution in [3.05, 3.63) is 41.0 Å². The lowest BCUT2D eigenvalue weighted by Gasteiger charge is -2.10. The number of hydrogen-bond acceptors (Lipinski definition) is 4. The summed E-state index contributed by atoms with van der Waals surface area (Å²) in [6, 6.07) is 5.95. The van der Waals surface area contributed by atoms with Gasteiger partial charge in [-0.05, 0) is 36.8 Å². The zero-order valence-corrected chi connectivity index (χ0v) is 13.7. The predicted octanol–water partition coefficient (Wildman–Crippen LogP) is 3.65. The highest BCUT2D eigenvalue weighted by Gasteiger charge is 2.21. The molecule has 1 aromatic carbocycles. The van der Waals surface area contributed by atoms with Crippen molar-refractivity contribution in [1.29, 1.82) is 0 Å². The predicted molar refractivity (Wildman–Crippen MR) is 90.9 cm³/mol. The van der Waals surface area contributed by atoms with E-state index >= 15 is 0 Å². The van der Waals surface area contributed by atoms with Gasteiger partial charge in [-0.3, -0.25) is 0 Å². The van der Waals surface area contributed by atoms with Crippen LogP contribution in [-0.4, -0.2) is 24.7 Å². The van der Waals surface area contributed by atoms with E-state index in [-0.39, 0.29) is 5.82 Å². The van der Waals surface area contributed by atoms with E-state index in [1.807, 2.05) is 12.3 Å². The van der Waals surface area contributed by atoms with E-state index in [1.54, 1.807) is 12.1 Å². The van der Waals surface area contributed by atoms with Crippen LogP contribution in [0.4, 0.5) is 9.39 Å². The van der Waals surface area contributed by atoms with Crippen molar-refractivity contribution in [1.82, 2.24) is 5.32 Å². The number of methoxy groups -OCH3 is 1. The van der Waals surface area contributed by atoms with Crippen molar-refractivity contribution in [2.75, 3.05) is 19.0 Å². The fraction of sp³-hybridized carbons (Fsp3) is 0.200. The molecule has 0 saturated heterocycles. The minimum atomic E-state index is -0.470. The Balaban J connectivity index is 2.42. The highest BCUT2D eigenvalue weighted by atomic mass is 32.1. The van der Waals surface area contributed by atoms with Crippen LogP contribution in [0.25, 0.3) is 11.1 Å². The minimum Gasteiger partial charge on any atom is -0.465 e. The number of anilines is 1. The Hall–Kier alpha value is -1.99. The number of thiophene rings is 1. The highest BCUT2D eigenvalue weighted by Crippen LogP contribution is 2.36. The van der Waals surface area contributed by atoms with Gasteiger partial charge in [-0.1, -0.05) is 12.1 Å². The zero-order chi connectivity index (χ0) is 16.1. The molecular weight excluding hydrogens is 323 g/mol. The number of benzene rings is 1. The molecule has 0 amide bonds. The van der Waals surface area contributed by atoms with E-state index in [4.69, 9.17) is 17.0 Å². The molecular formula is C15H15FN2O2S2. The average molecular weight is 338 g/mol. The number of hydrogen-bond donors (Lipinski definition) is 2.